The number of nitrogens with one attached hydrogen (secondary N) is 1. The highest BCUT2D eigenvalue weighted by Crippen LogP contribution is 2.54. The van der Waals surface area contributed by atoms with Gasteiger partial charge in [-0.15, -0.1) is 0 Å². The molecule has 3 unspecified atom stereocenters. The summed E-state index contributed by atoms with van der Waals surface area (Å²) in [5, 5.41) is 8.81. The number of fused-ring (bicyclic) bond motifs is 1. The van der Waals surface area contributed by atoms with Crippen molar-refractivity contribution in [2.24, 2.45) is 18.9 Å². The molecular weight excluding hydrogens is 390 g/mol. The van der Waals surface area contributed by atoms with Crippen LogP contribution in [0.5, 0.6) is 0 Å². The topological polar surface area (TPSA) is 112 Å². The SMILES string of the molecule is Cc1ccncc1-c1cc2cc(NC(=O)C3C(C)C3c3cnn(C)c3)ncc2c(N)n1. The predicted octanol–water partition coefficient (Wildman–Crippen LogP) is 3.30. The van der Waals surface area contributed by atoms with Gasteiger partial charge in [-0.3, -0.25) is 14.5 Å². The summed E-state index contributed by atoms with van der Waals surface area (Å²) in [6.07, 6.45) is 8.99. The molecule has 1 saturated carbocycles. The Morgan fingerprint density at radius 1 is 1.23 bits per heavy atom. The van der Waals surface area contributed by atoms with E-state index in [1.165, 1.54) is 0 Å². The molecule has 0 bridgehead atoms. The van der Waals surface area contributed by atoms with Gasteiger partial charge in [0.2, 0.25) is 5.91 Å². The summed E-state index contributed by atoms with van der Waals surface area (Å²) < 4.78 is 1.76. The minimum Gasteiger partial charge on any atom is -0.383 e. The Balaban J connectivity index is 1.42. The fraction of sp³-hybridized carbons (Fsp3) is 0.261. The van der Waals surface area contributed by atoms with Crippen LogP contribution in [0, 0.1) is 18.8 Å². The van der Waals surface area contributed by atoms with E-state index < -0.39 is 0 Å². The molecule has 8 nitrogen and oxygen atoms in total. The molecule has 0 spiro atoms. The van der Waals surface area contributed by atoms with Crippen molar-refractivity contribution in [3.8, 4) is 11.3 Å². The summed E-state index contributed by atoms with van der Waals surface area (Å²) in [6.45, 7) is 4.09. The molecule has 5 rings (SSSR count). The van der Waals surface area contributed by atoms with Gasteiger partial charge in [-0.25, -0.2) is 9.97 Å². The predicted molar refractivity (Wildman–Crippen MR) is 119 cm³/mol. The van der Waals surface area contributed by atoms with Crippen molar-refractivity contribution in [2.45, 2.75) is 19.8 Å². The summed E-state index contributed by atoms with van der Waals surface area (Å²) in [5.74, 6) is 1.24. The Labute approximate surface area is 179 Å². The fourth-order valence-corrected chi connectivity index (χ4v) is 4.31. The normalized spacial score (nSPS) is 20.0. The lowest BCUT2D eigenvalue weighted by atomic mass is 10.1. The Morgan fingerprint density at radius 3 is 2.81 bits per heavy atom. The number of hydrogen-bond acceptors (Lipinski definition) is 6. The van der Waals surface area contributed by atoms with Crippen LogP contribution in [-0.4, -0.2) is 30.6 Å². The van der Waals surface area contributed by atoms with Crippen molar-refractivity contribution < 1.29 is 4.79 Å². The summed E-state index contributed by atoms with van der Waals surface area (Å²) in [7, 11) is 1.88. The van der Waals surface area contributed by atoms with E-state index in [1.807, 2.05) is 44.6 Å². The molecule has 4 aromatic rings. The van der Waals surface area contributed by atoms with Crippen molar-refractivity contribution >= 4 is 28.3 Å². The highest BCUT2D eigenvalue weighted by Gasteiger charge is 2.52. The molecule has 3 N–H and O–H groups in total. The number of carbonyl (C=O) groups excluding carboxylic acids is 1. The Morgan fingerprint density at radius 2 is 2.06 bits per heavy atom. The molecule has 31 heavy (non-hydrogen) atoms. The molecule has 1 aliphatic rings. The van der Waals surface area contributed by atoms with Gasteiger partial charge in [-0.2, -0.15) is 5.10 Å². The van der Waals surface area contributed by atoms with Crippen LogP contribution in [0.1, 0.15) is 24.0 Å². The highest BCUT2D eigenvalue weighted by atomic mass is 16.2. The van der Waals surface area contributed by atoms with Gasteiger partial charge >= 0.3 is 0 Å². The number of anilines is 2. The molecule has 0 aromatic carbocycles. The second-order valence-corrected chi connectivity index (χ2v) is 8.22. The van der Waals surface area contributed by atoms with Crippen LogP contribution in [0.3, 0.4) is 0 Å². The average Bonchev–Trinajstić information content (AvgIpc) is 3.22. The summed E-state index contributed by atoms with van der Waals surface area (Å²) in [5.41, 5.74) is 10.0. The number of nitrogens with two attached hydrogens (primary N) is 1. The first-order valence-electron chi connectivity index (χ1n) is 10.2. The Hall–Kier alpha value is -3.81. The van der Waals surface area contributed by atoms with Gasteiger partial charge in [0, 0.05) is 54.6 Å². The molecule has 1 aliphatic carbocycles. The molecule has 0 radical (unpaired) electrons. The zero-order chi connectivity index (χ0) is 21.7. The van der Waals surface area contributed by atoms with Crippen LogP contribution in [0.25, 0.3) is 22.0 Å². The third kappa shape index (κ3) is 3.39. The van der Waals surface area contributed by atoms with Crippen LogP contribution in [0.4, 0.5) is 11.6 Å². The van der Waals surface area contributed by atoms with Crippen molar-refractivity contribution in [3.63, 3.8) is 0 Å². The van der Waals surface area contributed by atoms with Crippen LogP contribution in [-0.2, 0) is 11.8 Å². The third-order valence-corrected chi connectivity index (χ3v) is 6.10. The van der Waals surface area contributed by atoms with Crippen molar-refractivity contribution in [3.05, 3.63) is 60.3 Å². The largest absolute Gasteiger partial charge is 0.383 e. The molecule has 8 heteroatoms. The van der Waals surface area contributed by atoms with Gasteiger partial charge < -0.3 is 11.1 Å². The van der Waals surface area contributed by atoms with E-state index >= 15 is 0 Å². The monoisotopic (exact) mass is 413 g/mol. The maximum absolute atomic E-state index is 12.9. The zero-order valence-corrected chi connectivity index (χ0v) is 17.6. The van der Waals surface area contributed by atoms with Gasteiger partial charge in [-0.05, 0) is 47.6 Å². The minimum atomic E-state index is -0.0854. The van der Waals surface area contributed by atoms with E-state index in [0.29, 0.717) is 11.6 Å². The molecule has 0 aliphatic heterocycles. The number of pyridine rings is 3. The van der Waals surface area contributed by atoms with Crippen LogP contribution in [0.15, 0.2) is 49.2 Å². The maximum Gasteiger partial charge on any atom is 0.229 e. The number of carbonyl (C=O) groups is 1. The molecule has 3 atom stereocenters. The van der Waals surface area contributed by atoms with Gasteiger partial charge in [0.25, 0.3) is 0 Å². The lowest BCUT2D eigenvalue weighted by Crippen LogP contribution is -2.16. The molecule has 4 aromatic heterocycles. The van der Waals surface area contributed by atoms with Gasteiger partial charge in [0.15, 0.2) is 0 Å². The first-order valence-corrected chi connectivity index (χ1v) is 10.2. The quantitative estimate of drug-likeness (QED) is 0.531. The smallest absolute Gasteiger partial charge is 0.229 e. The molecular formula is C23H23N7O. The third-order valence-electron chi connectivity index (χ3n) is 6.10. The van der Waals surface area contributed by atoms with E-state index in [0.717, 1.165) is 33.2 Å². The zero-order valence-electron chi connectivity index (χ0n) is 17.6. The van der Waals surface area contributed by atoms with Crippen molar-refractivity contribution in [2.75, 3.05) is 11.1 Å². The fourth-order valence-electron chi connectivity index (χ4n) is 4.31. The minimum absolute atomic E-state index is 0.0291. The number of nitrogens with zero attached hydrogens (tertiary/aromatic N) is 5. The van der Waals surface area contributed by atoms with Crippen molar-refractivity contribution in [1.82, 2.24) is 24.7 Å². The lowest BCUT2D eigenvalue weighted by molar-refractivity contribution is -0.117. The van der Waals surface area contributed by atoms with Gasteiger partial charge in [-0.1, -0.05) is 6.92 Å². The Kier molecular flexibility index (Phi) is 4.43. The van der Waals surface area contributed by atoms with Gasteiger partial charge in [0.05, 0.1) is 11.9 Å². The number of nitrogen functional groups attached to an aromatic ring is 1. The van der Waals surface area contributed by atoms with Gasteiger partial charge in [0.1, 0.15) is 11.6 Å². The number of aryl methyl sites for hydroxylation is 2. The van der Waals surface area contributed by atoms with E-state index in [2.05, 4.69) is 32.3 Å². The van der Waals surface area contributed by atoms with E-state index in [4.69, 9.17) is 5.73 Å². The first kappa shape index (κ1) is 19.2. The standard InChI is InChI=1S/C23H23N7O/c1-12-4-5-25-9-16(12)18-6-14-7-19(26-10-17(14)22(24)28-18)29-23(31)21-13(2)20(21)15-8-27-30(3)11-15/h4-11,13,20-21H,1-3H3,(H2,24,28)(H,26,29,31). The maximum atomic E-state index is 12.9. The molecule has 1 fully saturated rings. The lowest BCUT2D eigenvalue weighted by Gasteiger charge is -2.10. The van der Waals surface area contributed by atoms with E-state index in [-0.39, 0.29) is 23.7 Å². The summed E-state index contributed by atoms with van der Waals surface area (Å²) >= 11 is 0. The summed E-state index contributed by atoms with van der Waals surface area (Å²) in [4.78, 5) is 26.0. The molecule has 0 saturated heterocycles. The summed E-state index contributed by atoms with van der Waals surface area (Å²) in [6, 6.07) is 5.73. The Bertz CT molecular complexity index is 1310. The second-order valence-electron chi connectivity index (χ2n) is 8.22. The number of amides is 1. The number of hydrogen-bond donors (Lipinski definition) is 2. The van der Waals surface area contributed by atoms with E-state index in [9.17, 15) is 4.79 Å². The van der Waals surface area contributed by atoms with E-state index in [1.54, 1.807) is 23.3 Å². The highest BCUT2D eigenvalue weighted by molar-refractivity contribution is 5.99. The molecule has 4 heterocycles. The van der Waals surface area contributed by atoms with Crippen molar-refractivity contribution in [1.29, 1.82) is 0 Å². The van der Waals surface area contributed by atoms with Crippen LogP contribution < -0.4 is 11.1 Å². The van der Waals surface area contributed by atoms with Crippen LogP contribution in [0.2, 0.25) is 0 Å². The average molecular weight is 413 g/mol. The molecule has 156 valence electrons. The van der Waals surface area contributed by atoms with Crippen LogP contribution >= 0.6 is 0 Å². The number of rotatable bonds is 4. The second kappa shape index (κ2) is 7.16. The first-order chi connectivity index (χ1) is 14.9. The molecule has 1 amide bonds. The number of aromatic nitrogens is 5.